The van der Waals surface area contributed by atoms with Crippen LogP contribution in [0.5, 0.6) is 0 Å². The molecule has 1 aromatic heterocycles. The van der Waals surface area contributed by atoms with Gasteiger partial charge in [0.15, 0.2) is 0 Å². The quantitative estimate of drug-likeness (QED) is 0.765. The maximum absolute atomic E-state index is 12.5. The van der Waals surface area contributed by atoms with Crippen molar-refractivity contribution in [1.29, 1.82) is 0 Å². The highest BCUT2D eigenvalue weighted by atomic mass is 16.2. The topological polar surface area (TPSA) is 61.0 Å². The first-order chi connectivity index (χ1) is 12.3. The van der Waals surface area contributed by atoms with E-state index in [-0.39, 0.29) is 5.91 Å². The van der Waals surface area contributed by atoms with Gasteiger partial charge in [0.05, 0.1) is 23.3 Å². The van der Waals surface area contributed by atoms with E-state index in [4.69, 9.17) is 0 Å². The minimum absolute atomic E-state index is 0.0328. The molecule has 25 heavy (non-hydrogen) atoms. The number of nitrogens with one attached hydrogen (secondary N) is 2. The van der Waals surface area contributed by atoms with Gasteiger partial charge in [-0.05, 0) is 50.2 Å². The number of para-hydroxylation sites is 3. The number of piperidine rings is 1. The van der Waals surface area contributed by atoms with Gasteiger partial charge in [0.1, 0.15) is 5.82 Å². The van der Waals surface area contributed by atoms with Crippen LogP contribution in [-0.4, -0.2) is 40.4 Å². The van der Waals surface area contributed by atoms with Gasteiger partial charge >= 0.3 is 0 Å². The molecule has 128 valence electrons. The predicted molar refractivity (Wildman–Crippen MR) is 100 cm³/mol. The van der Waals surface area contributed by atoms with Gasteiger partial charge in [0.25, 0.3) is 0 Å². The van der Waals surface area contributed by atoms with E-state index in [1.807, 2.05) is 48.5 Å². The van der Waals surface area contributed by atoms with Crippen LogP contribution in [0.15, 0.2) is 48.5 Å². The van der Waals surface area contributed by atoms with Crippen LogP contribution >= 0.6 is 0 Å². The van der Waals surface area contributed by atoms with E-state index in [2.05, 4.69) is 20.2 Å². The van der Waals surface area contributed by atoms with Gasteiger partial charge in [-0.3, -0.25) is 9.69 Å². The fourth-order valence-corrected chi connectivity index (χ4v) is 3.39. The molecule has 0 unspecified atom stereocenters. The van der Waals surface area contributed by atoms with Gasteiger partial charge in [-0.15, -0.1) is 0 Å². The summed E-state index contributed by atoms with van der Waals surface area (Å²) in [6.07, 6.45) is 3.64. The lowest BCUT2D eigenvalue weighted by Crippen LogP contribution is -2.36. The first kappa shape index (κ1) is 15.8. The molecule has 1 aliphatic rings. The molecule has 2 heterocycles. The maximum Gasteiger partial charge on any atom is 0.238 e. The summed E-state index contributed by atoms with van der Waals surface area (Å²) in [6, 6.07) is 15.7. The highest BCUT2D eigenvalue weighted by Gasteiger charge is 2.16. The van der Waals surface area contributed by atoms with Gasteiger partial charge in [0, 0.05) is 5.56 Å². The molecule has 0 saturated carbocycles. The second-order valence-electron chi connectivity index (χ2n) is 6.53. The third-order valence-corrected chi connectivity index (χ3v) is 4.66. The van der Waals surface area contributed by atoms with Crippen molar-refractivity contribution in [3.05, 3.63) is 48.5 Å². The van der Waals surface area contributed by atoms with Crippen molar-refractivity contribution in [3.8, 4) is 11.4 Å². The number of carbonyl (C=O) groups is 1. The van der Waals surface area contributed by atoms with Crippen molar-refractivity contribution in [1.82, 2.24) is 14.9 Å². The van der Waals surface area contributed by atoms with E-state index in [0.29, 0.717) is 6.54 Å². The molecule has 5 heteroatoms. The van der Waals surface area contributed by atoms with Gasteiger partial charge in [-0.2, -0.15) is 0 Å². The number of hydrogen-bond donors (Lipinski definition) is 2. The Morgan fingerprint density at radius 2 is 1.80 bits per heavy atom. The number of aromatic nitrogens is 2. The zero-order valence-electron chi connectivity index (χ0n) is 14.2. The smallest absolute Gasteiger partial charge is 0.238 e. The number of benzene rings is 2. The second-order valence-corrected chi connectivity index (χ2v) is 6.53. The number of amides is 1. The molecule has 1 amide bonds. The summed E-state index contributed by atoms with van der Waals surface area (Å²) < 4.78 is 0. The summed E-state index contributed by atoms with van der Waals surface area (Å²) in [6.45, 7) is 2.48. The molecule has 3 aromatic rings. The van der Waals surface area contributed by atoms with Crippen LogP contribution in [0.1, 0.15) is 19.3 Å². The van der Waals surface area contributed by atoms with Crippen molar-refractivity contribution in [2.24, 2.45) is 0 Å². The summed E-state index contributed by atoms with van der Waals surface area (Å²) in [4.78, 5) is 22.7. The molecular weight excluding hydrogens is 312 g/mol. The van der Waals surface area contributed by atoms with Gasteiger partial charge in [0.2, 0.25) is 5.91 Å². The molecule has 0 atom stereocenters. The molecule has 4 rings (SSSR count). The molecule has 0 bridgehead atoms. The number of fused-ring (bicyclic) bond motifs is 1. The summed E-state index contributed by atoms with van der Waals surface area (Å²) in [7, 11) is 0. The van der Waals surface area contributed by atoms with Crippen molar-refractivity contribution >= 4 is 22.6 Å². The Hall–Kier alpha value is -2.66. The number of rotatable bonds is 4. The zero-order chi connectivity index (χ0) is 17.1. The summed E-state index contributed by atoms with van der Waals surface area (Å²) in [5.41, 5.74) is 3.62. The van der Waals surface area contributed by atoms with Crippen LogP contribution in [0.3, 0.4) is 0 Å². The van der Waals surface area contributed by atoms with Crippen molar-refractivity contribution in [2.75, 3.05) is 25.0 Å². The highest BCUT2D eigenvalue weighted by molar-refractivity contribution is 5.96. The lowest BCUT2D eigenvalue weighted by Gasteiger charge is -2.25. The van der Waals surface area contributed by atoms with Crippen LogP contribution in [0, 0.1) is 0 Å². The first-order valence-electron chi connectivity index (χ1n) is 8.86. The van der Waals surface area contributed by atoms with Crippen LogP contribution < -0.4 is 5.32 Å². The maximum atomic E-state index is 12.5. The number of carbonyl (C=O) groups excluding carboxylic acids is 1. The third kappa shape index (κ3) is 3.56. The average Bonchev–Trinajstić information content (AvgIpc) is 3.07. The van der Waals surface area contributed by atoms with E-state index in [0.717, 1.165) is 41.2 Å². The average molecular weight is 334 g/mol. The highest BCUT2D eigenvalue weighted by Crippen LogP contribution is 2.27. The SMILES string of the molecule is O=C(CN1CCCCC1)Nc1ccccc1-c1nc2ccccc2[nH]1. The number of hydrogen-bond acceptors (Lipinski definition) is 3. The molecule has 1 aliphatic heterocycles. The Kier molecular flexibility index (Phi) is 4.48. The Bertz CT molecular complexity index is 847. The third-order valence-electron chi connectivity index (χ3n) is 4.66. The van der Waals surface area contributed by atoms with E-state index in [1.165, 1.54) is 19.3 Å². The minimum atomic E-state index is 0.0328. The normalized spacial score (nSPS) is 15.4. The predicted octanol–water partition coefficient (Wildman–Crippen LogP) is 3.65. The monoisotopic (exact) mass is 334 g/mol. The molecular formula is C20H22N4O. The summed E-state index contributed by atoms with van der Waals surface area (Å²) >= 11 is 0. The number of nitrogens with zero attached hydrogens (tertiary/aromatic N) is 2. The fraction of sp³-hybridized carbons (Fsp3) is 0.300. The fourth-order valence-electron chi connectivity index (χ4n) is 3.39. The molecule has 0 spiro atoms. The van der Waals surface area contributed by atoms with E-state index in [1.54, 1.807) is 0 Å². The molecule has 1 fully saturated rings. The summed E-state index contributed by atoms with van der Waals surface area (Å²) in [5, 5.41) is 3.06. The lowest BCUT2D eigenvalue weighted by atomic mass is 10.1. The van der Waals surface area contributed by atoms with E-state index in [9.17, 15) is 4.79 Å². The number of imidazole rings is 1. The Morgan fingerprint density at radius 1 is 1.04 bits per heavy atom. The van der Waals surface area contributed by atoms with Crippen molar-refractivity contribution in [3.63, 3.8) is 0 Å². The molecule has 2 aromatic carbocycles. The Morgan fingerprint density at radius 3 is 2.64 bits per heavy atom. The number of H-pyrrole nitrogens is 1. The van der Waals surface area contributed by atoms with E-state index >= 15 is 0 Å². The number of aromatic amines is 1. The largest absolute Gasteiger partial charge is 0.338 e. The van der Waals surface area contributed by atoms with Gasteiger partial charge < -0.3 is 10.3 Å². The first-order valence-corrected chi connectivity index (χ1v) is 8.86. The van der Waals surface area contributed by atoms with Gasteiger partial charge in [-0.25, -0.2) is 4.98 Å². The van der Waals surface area contributed by atoms with Gasteiger partial charge in [-0.1, -0.05) is 30.7 Å². The molecule has 0 radical (unpaired) electrons. The zero-order valence-corrected chi connectivity index (χ0v) is 14.2. The number of anilines is 1. The van der Waals surface area contributed by atoms with Crippen molar-refractivity contribution < 1.29 is 4.79 Å². The molecule has 1 saturated heterocycles. The lowest BCUT2D eigenvalue weighted by molar-refractivity contribution is -0.117. The Balaban J connectivity index is 1.55. The second kappa shape index (κ2) is 7.07. The molecule has 0 aliphatic carbocycles. The van der Waals surface area contributed by atoms with Crippen LogP contribution in [0.25, 0.3) is 22.4 Å². The van der Waals surface area contributed by atoms with Crippen LogP contribution in [0.4, 0.5) is 5.69 Å². The standard InChI is InChI=1S/C20H22N4O/c25-19(14-24-12-6-1-7-13-24)21-16-9-3-2-8-15(16)20-22-17-10-4-5-11-18(17)23-20/h2-5,8-11H,1,6-7,12-14H2,(H,21,25)(H,22,23). The van der Waals surface area contributed by atoms with Crippen LogP contribution in [-0.2, 0) is 4.79 Å². The van der Waals surface area contributed by atoms with Crippen molar-refractivity contribution in [2.45, 2.75) is 19.3 Å². The summed E-state index contributed by atoms with van der Waals surface area (Å²) in [5.74, 6) is 0.806. The number of likely N-dealkylation sites (tertiary alicyclic amines) is 1. The molecule has 5 nitrogen and oxygen atoms in total. The molecule has 2 N–H and O–H groups in total. The van der Waals surface area contributed by atoms with E-state index < -0.39 is 0 Å². The minimum Gasteiger partial charge on any atom is -0.338 e. The Labute approximate surface area is 147 Å². The van der Waals surface area contributed by atoms with Crippen LogP contribution in [0.2, 0.25) is 0 Å².